The van der Waals surface area contributed by atoms with Gasteiger partial charge in [-0.3, -0.25) is 0 Å². The van der Waals surface area contributed by atoms with Crippen molar-refractivity contribution >= 4 is 12.4 Å². The van der Waals surface area contributed by atoms with Crippen LogP contribution in [0.15, 0.2) is 30.3 Å². The van der Waals surface area contributed by atoms with Crippen molar-refractivity contribution in [1.82, 2.24) is 4.90 Å². The van der Waals surface area contributed by atoms with Gasteiger partial charge in [0, 0.05) is 0 Å². The molecule has 13 heavy (non-hydrogen) atoms. The van der Waals surface area contributed by atoms with Gasteiger partial charge in [0.2, 0.25) is 0 Å². The average Bonchev–Trinajstić information content (AvgIpc) is 2.05. The van der Waals surface area contributed by atoms with Gasteiger partial charge in [0.05, 0.1) is 6.61 Å². The van der Waals surface area contributed by atoms with Crippen LogP contribution in [0.2, 0.25) is 0 Å². The summed E-state index contributed by atoms with van der Waals surface area (Å²) in [5.41, 5.74) is 0.965. The van der Waals surface area contributed by atoms with Gasteiger partial charge in [-0.2, -0.15) is 0 Å². The number of aliphatic hydroxyl groups is 1. The van der Waals surface area contributed by atoms with Gasteiger partial charge in [-0.15, -0.1) is 12.4 Å². The summed E-state index contributed by atoms with van der Waals surface area (Å²) in [4.78, 5) is 2.00. The molecule has 76 valence electrons. The van der Waals surface area contributed by atoms with Crippen LogP contribution in [-0.4, -0.2) is 31.1 Å². The van der Waals surface area contributed by atoms with Crippen LogP contribution in [0.1, 0.15) is 5.56 Å². The Balaban J connectivity index is 0. The molecule has 3 heteroatoms. The van der Waals surface area contributed by atoms with Crippen molar-refractivity contribution in [2.45, 2.75) is 6.61 Å². The number of nitrogens with zero attached hydrogens (tertiary/aromatic N) is 1. The van der Waals surface area contributed by atoms with Crippen LogP contribution in [0.5, 0.6) is 0 Å². The highest BCUT2D eigenvalue weighted by Gasteiger charge is 1.81. The maximum Gasteiger partial charge on any atom is 0.0681 e. The summed E-state index contributed by atoms with van der Waals surface area (Å²) in [6, 6.07) is 9.52. The number of hydrogen-bond donors (Lipinski definition) is 1. The third-order valence-electron chi connectivity index (χ3n) is 1.03. The van der Waals surface area contributed by atoms with Gasteiger partial charge in [-0.1, -0.05) is 30.3 Å². The zero-order valence-electron chi connectivity index (χ0n) is 8.40. The second kappa shape index (κ2) is 9.52. The topological polar surface area (TPSA) is 23.5 Å². The Morgan fingerprint density at radius 1 is 1.08 bits per heavy atom. The fourth-order valence-electron chi connectivity index (χ4n) is 0.583. The normalized spacial score (nSPS) is 8.38. The first-order valence-corrected chi connectivity index (χ1v) is 3.92. The molecule has 0 unspecified atom stereocenters. The lowest BCUT2D eigenvalue weighted by atomic mass is 10.2. The Labute approximate surface area is 86.6 Å². The van der Waals surface area contributed by atoms with Crippen molar-refractivity contribution in [3.8, 4) is 0 Å². The van der Waals surface area contributed by atoms with E-state index in [0.717, 1.165) is 5.56 Å². The Bertz CT molecular complexity index is 187. The molecule has 1 aromatic carbocycles. The number of aliphatic hydroxyl groups excluding tert-OH is 1. The molecule has 2 nitrogen and oxygen atoms in total. The maximum absolute atomic E-state index is 8.54. The minimum absolute atomic E-state index is 0. The first kappa shape index (κ1) is 14.9. The van der Waals surface area contributed by atoms with E-state index >= 15 is 0 Å². The Morgan fingerprint density at radius 2 is 1.46 bits per heavy atom. The first-order valence-electron chi connectivity index (χ1n) is 3.92. The maximum atomic E-state index is 8.54. The Hall–Kier alpha value is -0.570. The van der Waals surface area contributed by atoms with E-state index in [1.54, 1.807) is 0 Å². The van der Waals surface area contributed by atoms with E-state index in [-0.39, 0.29) is 19.0 Å². The van der Waals surface area contributed by atoms with Gasteiger partial charge in [-0.25, -0.2) is 0 Å². The minimum atomic E-state index is 0. The van der Waals surface area contributed by atoms with E-state index < -0.39 is 0 Å². The molecule has 0 amide bonds. The number of rotatable bonds is 1. The Kier molecular flexibility index (Phi) is 10.9. The lowest BCUT2D eigenvalue weighted by Crippen LogP contribution is -1.99. The molecule has 0 spiro atoms. The summed E-state index contributed by atoms with van der Waals surface area (Å²) >= 11 is 0. The van der Waals surface area contributed by atoms with Gasteiger partial charge in [0.15, 0.2) is 0 Å². The van der Waals surface area contributed by atoms with E-state index in [9.17, 15) is 0 Å². The van der Waals surface area contributed by atoms with Gasteiger partial charge < -0.3 is 10.0 Å². The monoisotopic (exact) mass is 203 g/mol. The standard InChI is InChI=1S/C7H8O.C3H9N.ClH/c8-6-7-4-2-1-3-5-7;1-4(2)3;/h1-5,8H,6H2;1-3H3;1H. The van der Waals surface area contributed by atoms with E-state index in [0.29, 0.717) is 0 Å². The van der Waals surface area contributed by atoms with Crippen molar-refractivity contribution < 1.29 is 5.11 Å². The fourth-order valence-corrected chi connectivity index (χ4v) is 0.583. The zero-order valence-corrected chi connectivity index (χ0v) is 9.21. The fraction of sp³-hybridized carbons (Fsp3) is 0.400. The highest BCUT2D eigenvalue weighted by molar-refractivity contribution is 5.85. The van der Waals surface area contributed by atoms with Crippen molar-refractivity contribution in [2.24, 2.45) is 0 Å². The molecule has 0 heterocycles. The molecule has 1 N–H and O–H groups in total. The number of halogens is 1. The van der Waals surface area contributed by atoms with E-state index in [2.05, 4.69) is 0 Å². The summed E-state index contributed by atoms with van der Waals surface area (Å²) in [5.74, 6) is 0. The summed E-state index contributed by atoms with van der Waals surface area (Å²) in [6.07, 6.45) is 0. The van der Waals surface area contributed by atoms with Gasteiger partial charge in [0.1, 0.15) is 0 Å². The lowest BCUT2D eigenvalue weighted by Gasteiger charge is -1.90. The van der Waals surface area contributed by atoms with E-state index in [4.69, 9.17) is 5.11 Å². The molecular formula is C10H18ClNO. The SMILES string of the molecule is CN(C)C.Cl.OCc1ccccc1. The Morgan fingerprint density at radius 3 is 1.69 bits per heavy atom. The molecular weight excluding hydrogens is 186 g/mol. The quantitative estimate of drug-likeness (QED) is 0.752. The van der Waals surface area contributed by atoms with Gasteiger partial charge >= 0.3 is 0 Å². The molecule has 0 saturated heterocycles. The molecule has 0 bridgehead atoms. The third-order valence-corrected chi connectivity index (χ3v) is 1.03. The summed E-state index contributed by atoms with van der Waals surface area (Å²) in [6.45, 7) is 0.140. The second-order valence-electron chi connectivity index (χ2n) is 2.99. The summed E-state index contributed by atoms with van der Waals surface area (Å²) in [7, 11) is 6.00. The third kappa shape index (κ3) is 11.4. The highest BCUT2D eigenvalue weighted by Crippen LogP contribution is 1.95. The van der Waals surface area contributed by atoms with Crippen LogP contribution in [-0.2, 0) is 6.61 Å². The van der Waals surface area contributed by atoms with Gasteiger partial charge in [-0.05, 0) is 26.7 Å². The molecule has 0 aliphatic rings. The van der Waals surface area contributed by atoms with Crippen molar-refractivity contribution in [1.29, 1.82) is 0 Å². The molecule has 0 atom stereocenters. The van der Waals surface area contributed by atoms with Crippen LogP contribution in [0, 0.1) is 0 Å². The first-order chi connectivity index (χ1) is 5.66. The summed E-state index contributed by atoms with van der Waals surface area (Å²) < 4.78 is 0. The molecule has 0 radical (unpaired) electrons. The van der Waals surface area contributed by atoms with E-state index in [1.807, 2.05) is 56.4 Å². The molecule has 0 aromatic heterocycles. The smallest absolute Gasteiger partial charge is 0.0681 e. The van der Waals surface area contributed by atoms with Crippen LogP contribution in [0.3, 0.4) is 0 Å². The predicted octanol–water partition coefficient (Wildman–Crippen LogP) is 1.78. The number of benzene rings is 1. The highest BCUT2D eigenvalue weighted by atomic mass is 35.5. The average molecular weight is 204 g/mol. The predicted molar refractivity (Wildman–Crippen MR) is 59.2 cm³/mol. The van der Waals surface area contributed by atoms with Gasteiger partial charge in [0.25, 0.3) is 0 Å². The minimum Gasteiger partial charge on any atom is -0.392 e. The second-order valence-corrected chi connectivity index (χ2v) is 2.99. The largest absolute Gasteiger partial charge is 0.392 e. The molecule has 1 aromatic rings. The summed E-state index contributed by atoms with van der Waals surface area (Å²) in [5, 5.41) is 8.54. The molecule has 0 aliphatic carbocycles. The molecule has 1 rings (SSSR count). The van der Waals surface area contributed by atoms with Crippen molar-refractivity contribution in [3.63, 3.8) is 0 Å². The molecule has 0 aliphatic heterocycles. The van der Waals surface area contributed by atoms with Crippen molar-refractivity contribution in [2.75, 3.05) is 21.1 Å². The lowest BCUT2D eigenvalue weighted by molar-refractivity contribution is 0.282. The van der Waals surface area contributed by atoms with E-state index in [1.165, 1.54) is 0 Å². The molecule has 0 fully saturated rings. The van der Waals surface area contributed by atoms with Crippen LogP contribution in [0.25, 0.3) is 0 Å². The van der Waals surface area contributed by atoms with Crippen LogP contribution >= 0.6 is 12.4 Å². The van der Waals surface area contributed by atoms with Crippen LogP contribution in [0.4, 0.5) is 0 Å². The molecule has 0 saturated carbocycles. The zero-order chi connectivity index (χ0) is 9.40. The number of hydrogen-bond acceptors (Lipinski definition) is 2. The van der Waals surface area contributed by atoms with Crippen LogP contribution < -0.4 is 0 Å². The van der Waals surface area contributed by atoms with Crippen molar-refractivity contribution in [3.05, 3.63) is 35.9 Å².